The number of aromatic nitrogens is 1. The number of piperidine rings is 1. The summed E-state index contributed by atoms with van der Waals surface area (Å²) < 4.78 is 0. The van der Waals surface area contributed by atoms with Crippen LogP contribution in [-0.4, -0.2) is 23.0 Å². The standard InChI is InChI=1S/C19H26N2/c1-3-13-11-18-19-16(9-10-21(18)12-14(13)4-2)15-7-5-6-8-17(15)20-19/h5-8,13-14,18,20H,3-4,9-12H2,1-2H3. The Morgan fingerprint density at radius 2 is 1.95 bits per heavy atom. The highest BCUT2D eigenvalue weighted by atomic mass is 15.2. The van der Waals surface area contributed by atoms with E-state index >= 15 is 0 Å². The summed E-state index contributed by atoms with van der Waals surface area (Å²) >= 11 is 0. The van der Waals surface area contributed by atoms with Gasteiger partial charge in [-0.05, 0) is 36.3 Å². The second-order valence-corrected chi connectivity index (χ2v) is 6.90. The van der Waals surface area contributed by atoms with Gasteiger partial charge in [0, 0.05) is 29.7 Å². The highest BCUT2D eigenvalue weighted by Gasteiger charge is 2.38. The summed E-state index contributed by atoms with van der Waals surface area (Å²) in [6.07, 6.45) is 5.22. The van der Waals surface area contributed by atoms with Gasteiger partial charge in [-0.3, -0.25) is 4.90 Å². The number of hydrogen-bond donors (Lipinski definition) is 1. The first-order valence-corrected chi connectivity index (χ1v) is 8.65. The molecule has 2 nitrogen and oxygen atoms in total. The van der Waals surface area contributed by atoms with Crippen LogP contribution in [0.25, 0.3) is 10.9 Å². The smallest absolute Gasteiger partial charge is 0.0504 e. The molecule has 3 heterocycles. The van der Waals surface area contributed by atoms with Gasteiger partial charge >= 0.3 is 0 Å². The van der Waals surface area contributed by atoms with Crippen LogP contribution in [0.3, 0.4) is 0 Å². The highest BCUT2D eigenvalue weighted by Crippen LogP contribution is 2.44. The lowest BCUT2D eigenvalue weighted by Gasteiger charge is -2.46. The summed E-state index contributed by atoms with van der Waals surface area (Å²) in [5, 5.41) is 1.46. The van der Waals surface area contributed by atoms with E-state index < -0.39 is 0 Å². The fraction of sp³-hybridized carbons (Fsp3) is 0.579. The van der Waals surface area contributed by atoms with Crippen molar-refractivity contribution < 1.29 is 0 Å². The average Bonchev–Trinajstić information content (AvgIpc) is 2.92. The van der Waals surface area contributed by atoms with Crippen molar-refractivity contribution in [3.8, 4) is 0 Å². The first-order valence-electron chi connectivity index (χ1n) is 8.65. The van der Waals surface area contributed by atoms with Crippen molar-refractivity contribution in [3.05, 3.63) is 35.5 Å². The molecule has 0 aliphatic carbocycles. The Labute approximate surface area is 127 Å². The van der Waals surface area contributed by atoms with Gasteiger partial charge in [0.2, 0.25) is 0 Å². The molecule has 2 aliphatic heterocycles. The zero-order valence-electron chi connectivity index (χ0n) is 13.2. The van der Waals surface area contributed by atoms with Crippen molar-refractivity contribution in [2.24, 2.45) is 11.8 Å². The molecule has 2 aliphatic rings. The number of nitrogens with zero attached hydrogens (tertiary/aromatic N) is 1. The van der Waals surface area contributed by atoms with Gasteiger partial charge in [-0.1, -0.05) is 44.9 Å². The monoisotopic (exact) mass is 282 g/mol. The molecule has 1 fully saturated rings. The number of para-hydroxylation sites is 1. The second-order valence-electron chi connectivity index (χ2n) is 6.90. The summed E-state index contributed by atoms with van der Waals surface area (Å²) in [5.74, 6) is 1.80. The Morgan fingerprint density at radius 1 is 1.14 bits per heavy atom. The van der Waals surface area contributed by atoms with E-state index in [1.807, 2.05) is 0 Å². The fourth-order valence-electron chi connectivity index (χ4n) is 4.75. The molecule has 4 rings (SSSR count). The number of hydrogen-bond acceptors (Lipinski definition) is 1. The molecule has 3 atom stereocenters. The summed E-state index contributed by atoms with van der Waals surface area (Å²) in [6.45, 7) is 7.28. The second kappa shape index (κ2) is 5.17. The van der Waals surface area contributed by atoms with Crippen LogP contribution in [0.5, 0.6) is 0 Å². The summed E-state index contributed by atoms with van der Waals surface area (Å²) in [7, 11) is 0. The van der Waals surface area contributed by atoms with Crippen molar-refractivity contribution in [2.45, 2.75) is 45.6 Å². The molecule has 1 aromatic heterocycles. The van der Waals surface area contributed by atoms with Crippen LogP contribution in [0.15, 0.2) is 24.3 Å². The van der Waals surface area contributed by atoms with E-state index in [0.29, 0.717) is 6.04 Å². The average molecular weight is 282 g/mol. The molecule has 0 bridgehead atoms. The molecule has 2 aromatic rings. The van der Waals surface area contributed by atoms with Crippen molar-refractivity contribution >= 4 is 10.9 Å². The predicted molar refractivity (Wildman–Crippen MR) is 88.5 cm³/mol. The SMILES string of the molecule is CCC1CC2c3[nH]c4ccccc4c3CCN2CC1CC. The van der Waals surface area contributed by atoms with Crippen LogP contribution in [0.2, 0.25) is 0 Å². The Balaban J connectivity index is 1.74. The normalized spacial score (nSPS) is 29.3. The Kier molecular flexibility index (Phi) is 3.30. The highest BCUT2D eigenvalue weighted by molar-refractivity contribution is 5.85. The van der Waals surface area contributed by atoms with Gasteiger partial charge < -0.3 is 4.98 Å². The lowest BCUT2D eigenvalue weighted by atomic mass is 9.76. The molecule has 2 heteroatoms. The molecule has 1 aromatic carbocycles. The number of fused-ring (bicyclic) bond motifs is 5. The van der Waals surface area contributed by atoms with Gasteiger partial charge in [-0.15, -0.1) is 0 Å². The fourth-order valence-corrected chi connectivity index (χ4v) is 4.75. The third-order valence-corrected chi connectivity index (χ3v) is 5.98. The first kappa shape index (κ1) is 13.4. The minimum absolute atomic E-state index is 0.633. The molecule has 1 N–H and O–H groups in total. The molecule has 1 saturated heterocycles. The summed E-state index contributed by atoms with van der Waals surface area (Å²) in [6, 6.07) is 9.47. The van der Waals surface area contributed by atoms with E-state index in [-0.39, 0.29) is 0 Å². The zero-order chi connectivity index (χ0) is 14.4. The van der Waals surface area contributed by atoms with Gasteiger partial charge in [-0.2, -0.15) is 0 Å². The minimum Gasteiger partial charge on any atom is -0.357 e. The maximum Gasteiger partial charge on any atom is 0.0504 e. The van der Waals surface area contributed by atoms with Crippen molar-refractivity contribution in [3.63, 3.8) is 0 Å². The quantitative estimate of drug-likeness (QED) is 0.858. The molecular formula is C19H26N2. The molecule has 0 amide bonds. The topological polar surface area (TPSA) is 19.0 Å². The number of H-pyrrole nitrogens is 1. The Morgan fingerprint density at radius 3 is 2.76 bits per heavy atom. The molecule has 0 radical (unpaired) electrons. The first-order chi connectivity index (χ1) is 10.3. The van der Waals surface area contributed by atoms with E-state index in [0.717, 1.165) is 11.8 Å². The van der Waals surface area contributed by atoms with Crippen LogP contribution in [0.4, 0.5) is 0 Å². The number of aromatic amines is 1. The largest absolute Gasteiger partial charge is 0.357 e. The van der Waals surface area contributed by atoms with Crippen LogP contribution in [-0.2, 0) is 6.42 Å². The summed E-state index contributed by atoms with van der Waals surface area (Å²) in [4.78, 5) is 6.50. The third-order valence-electron chi connectivity index (χ3n) is 5.98. The van der Waals surface area contributed by atoms with Crippen LogP contribution in [0, 0.1) is 11.8 Å². The Hall–Kier alpha value is -1.28. The molecule has 112 valence electrons. The van der Waals surface area contributed by atoms with E-state index in [1.54, 1.807) is 5.56 Å². The Bertz CT molecular complexity index is 642. The molecule has 0 spiro atoms. The molecular weight excluding hydrogens is 256 g/mol. The molecule has 21 heavy (non-hydrogen) atoms. The number of rotatable bonds is 2. The van der Waals surface area contributed by atoms with Gasteiger partial charge in [-0.25, -0.2) is 0 Å². The summed E-state index contributed by atoms with van der Waals surface area (Å²) in [5.41, 5.74) is 4.45. The van der Waals surface area contributed by atoms with Crippen LogP contribution < -0.4 is 0 Å². The van der Waals surface area contributed by atoms with Gasteiger partial charge in [0.05, 0.1) is 6.04 Å². The van der Waals surface area contributed by atoms with Gasteiger partial charge in [0.25, 0.3) is 0 Å². The third kappa shape index (κ3) is 2.03. The van der Waals surface area contributed by atoms with E-state index in [1.165, 1.54) is 55.4 Å². The van der Waals surface area contributed by atoms with Gasteiger partial charge in [0.15, 0.2) is 0 Å². The van der Waals surface area contributed by atoms with Crippen molar-refractivity contribution in [2.75, 3.05) is 13.1 Å². The molecule has 0 saturated carbocycles. The van der Waals surface area contributed by atoms with Gasteiger partial charge in [0.1, 0.15) is 0 Å². The van der Waals surface area contributed by atoms with E-state index in [4.69, 9.17) is 0 Å². The lowest BCUT2D eigenvalue weighted by molar-refractivity contribution is 0.0489. The number of nitrogens with one attached hydrogen (secondary N) is 1. The van der Waals surface area contributed by atoms with E-state index in [2.05, 4.69) is 48.0 Å². The van der Waals surface area contributed by atoms with Crippen molar-refractivity contribution in [1.82, 2.24) is 9.88 Å². The molecule has 3 unspecified atom stereocenters. The van der Waals surface area contributed by atoms with Crippen LogP contribution >= 0.6 is 0 Å². The number of benzene rings is 1. The minimum atomic E-state index is 0.633. The van der Waals surface area contributed by atoms with E-state index in [9.17, 15) is 0 Å². The zero-order valence-corrected chi connectivity index (χ0v) is 13.2. The maximum absolute atomic E-state index is 3.75. The van der Waals surface area contributed by atoms with Crippen LogP contribution in [0.1, 0.15) is 50.4 Å². The predicted octanol–water partition coefficient (Wildman–Crippen LogP) is 4.52. The maximum atomic E-state index is 3.75. The van der Waals surface area contributed by atoms with Crippen molar-refractivity contribution in [1.29, 1.82) is 0 Å². The lowest BCUT2D eigenvalue weighted by Crippen LogP contribution is -2.45.